The third kappa shape index (κ3) is 3.72. The van der Waals surface area contributed by atoms with Gasteiger partial charge in [0.2, 0.25) is 5.91 Å². The van der Waals surface area contributed by atoms with E-state index in [0.29, 0.717) is 12.2 Å². The van der Waals surface area contributed by atoms with Gasteiger partial charge >= 0.3 is 6.03 Å². The Morgan fingerprint density at radius 2 is 2.10 bits per heavy atom. The molecule has 7 heteroatoms. The first-order valence-electron chi connectivity index (χ1n) is 5.73. The van der Waals surface area contributed by atoms with E-state index in [4.69, 9.17) is 17.3 Å². The zero-order chi connectivity index (χ0) is 14.5. The molecule has 0 bridgehead atoms. The van der Waals surface area contributed by atoms with E-state index in [1.54, 1.807) is 17.4 Å². The van der Waals surface area contributed by atoms with Crippen LogP contribution in [0.15, 0.2) is 35.7 Å². The summed E-state index contributed by atoms with van der Waals surface area (Å²) < 4.78 is 0. The van der Waals surface area contributed by atoms with E-state index in [2.05, 4.69) is 10.6 Å². The van der Waals surface area contributed by atoms with Crippen molar-refractivity contribution in [2.24, 2.45) is 5.73 Å². The molecule has 0 radical (unpaired) electrons. The van der Waals surface area contributed by atoms with Gasteiger partial charge in [-0.1, -0.05) is 17.7 Å². The molecular weight excluding hydrogens is 298 g/mol. The van der Waals surface area contributed by atoms with E-state index in [0.717, 1.165) is 4.88 Å². The number of thiophene rings is 1. The van der Waals surface area contributed by atoms with Crippen LogP contribution in [0.25, 0.3) is 0 Å². The van der Waals surface area contributed by atoms with Crippen LogP contribution < -0.4 is 16.4 Å². The van der Waals surface area contributed by atoms with E-state index < -0.39 is 5.91 Å². The summed E-state index contributed by atoms with van der Waals surface area (Å²) in [6.45, 7) is 0.444. The molecule has 20 heavy (non-hydrogen) atoms. The monoisotopic (exact) mass is 309 g/mol. The Labute approximate surface area is 124 Å². The normalized spacial score (nSPS) is 10.1. The van der Waals surface area contributed by atoms with Crippen LogP contribution in [0.4, 0.5) is 10.5 Å². The molecule has 1 aromatic carbocycles. The van der Waals surface area contributed by atoms with E-state index in [9.17, 15) is 9.59 Å². The van der Waals surface area contributed by atoms with Gasteiger partial charge in [0.25, 0.3) is 0 Å². The van der Waals surface area contributed by atoms with Gasteiger partial charge in [-0.3, -0.25) is 4.79 Å². The van der Waals surface area contributed by atoms with Gasteiger partial charge in [0.15, 0.2) is 0 Å². The molecule has 104 valence electrons. The lowest BCUT2D eigenvalue weighted by atomic mass is 10.2. The van der Waals surface area contributed by atoms with Crippen LogP contribution >= 0.6 is 22.9 Å². The molecular formula is C13H12ClN3O2S. The number of benzene rings is 1. The van der Waals surface area contributed by atoms with Gasteiger partial charge < -0.3 is 16.4 Å². The van der Waals surface area contributed by atoms with Crippen molar-refractivity contribution in [1.82, 2.24) is 5.32 Å². The average Bonchev–Trinajstić information content (AvgIpc) is 2.91. The lowest BCUT2D eigenvalue weighted by Gasteiger charge is -2.08. The molecule has 0 saturated carbocycles. The summed E-state index contributed by atoms with van der Waals surface area (Å²) in [4.78, 5) is 23.9. The maximum Gasteiger partial charge on any atom is 0.319 e. The molecule has 0 saturated heterocycles. The molecule has 1 aromatic heterocycles. The molecule has 4 N–H and O–H groups in total. The molecule has 1 heterocycles. The maximum absolute atomic E-state index is 11.7. The van der Waals surface area contributed by atoms with E-state index >= 15 is 0 Å². The van der Waals surface area contributed by atoms with Gasteiger partial charge in [0.1, 0.15) is 0 Å². The second-order valence-electron chi connectivity index (χ2n) is 3.95. The first-order chi connectivity index (χ1) is 9.56. The summed E-state index contributed by atoms with van der Waals surface area (Å²) in [6.07, 6.45) is 0. The van der Waals surface area contributed by atoms with Gasteiger partial charge in [-0.25, -0.2) is 4.79 Å². The summed E-state index contributed by atoms with van der Waals surface area (Å²) in [5, 5.41) is 7.51. The Morgan fingerprint density at radius 3 is 2.75 bits per heavy atom. The second kappa shape index (κ2) is 6.40. The summed E-state index contributed by atoms with van der Waals surface area (Å²) in [5.74, 6) is -0.641. The number of hydrogen-bond donors (Lipinski definition) is 3. The summed E-state index contributed by atoms with van der Waals surface area (Å²) in [7, 11) is 0. The maximum atomic E-state index is 11.7. The first-order valence-corrected chi connectivity index (χ1v) is 6.98. The topological polar surface area (TPSA) is 84.2 Å². The van der Waals surface area contributed by atoms with Crippen molar-refractivity contribution >= 4 is 40.6 Å². The average molecular weight is 310 g/mol. The molecule has 0 spiro atoms. The van der Waals surface area contributed by atoms with E-state index in [-0.39, 0.29) is 16.6 Å². The number of carbonyl (C=O) groups is 2. The van der Waals surface area contributed by atoms with Crippen molar-refractivity contribution in [3.63, 3.8) is 0 Å². The molecule has 2 rings (SSSR count). The van der Waals surface area contributed by atoms with Crippen LogP contribution in [-0.2, 0) is 6.54 Å². The van der Waals surface area contributed by atoms with Crippen molar-refractivity contribution in [3.8, 4) is 0 Å². The highest BCUT2D eigenvalue weighted by molar-refractivity contribution is 7.09. The number of amides is 3. The number of nitrogens with two attached hydrogens (primary N) is 1. The number of hydrogen-bond acceptors (Lipinski definition) is 3. The minimum absolute atomic E-state index is 0.169. The predicted molar refractivity (Wildman–Crippen MR) is 80.1 cm³/mol. The highest BCUT2D eigenvalue weighted by Gasteiger charge is 2.09. The number of anilines is 1. The van der Waals surface area contributed by atoms with Crippen LogP contribution in [0.2, 0.25) is 5.02 Å². The van der Waals surface area contributed by atoms with Crippen LogP contribution in [0, 0.1) is 0 Å². The fourth-order valence-corrected chi connectivity index (χ4v) is 2.40. The number of carbonyl (C=O) groups excluding carboxylic acids is 2. The molecule has 2 aromatic rings. The van der Waals surface area contributed by atoms with Crippen LogP contribution in [0.5, 0.6) is 0 Å². The standard InChI is InChI=1S/C13H12ClN3O2S/c14-11-4-3-8(6-10(11)12(15)18)17-13(19)16-7-9-2-1-5-20-9/h1-6H,7H2,(H2,15,18)(H2,16,17,19). The van der Waals surface area contributed by atoms with Gasteiger partial charge in [-0.05, 0) is 29.6 Å². The molecule has 0 aliphatic rings. The smallest absolute Gasteiger partial charge is 0.319 e. The van der Waals surface area contributed by atoms with E-state index in [1.807, 2.05) is 17.5 Å². The fourth-order valence-electron chi connectivity index (χ4n) is 1.55. The SMILES string of the molecule is NC(=O)c1cc(NC(=O)NCc2cccs2)ccc1Cl. The molecule has 0 aliphatic carbocycles. The van der Waals surface area contributed by atoms with Gasteiger partial charge in [0, 0.05) is 10.6 Å². The third-order valence-corrected chi connectivity index (χ3v) is 3.70. The molecule has 0 unspecified atom stereocenters. The van der Waals surface area contributed by atoms with Gasteiger partial charge in [-0.2, -0.15) is 0 Å². The first kappa shape index (κ1) is 14.4. The Morgan fingerprint density at radius 1 is 1.30 bits per heavy atom. The van der Waals surface area contributed by atoms with Gasteiger partial charge in [0.05, 0.1) is 17.1 Å². The zero-order valence-corrected chi connectivity index (χ0v) is 11.9. The highest BCUT2D eigenvalue weighted by Crippen LogP contribution is 2.20. The highest BCUT2D eigenvalue weighted by atomic mass is 35.5. The Balaban J connectivity index is 1.97. The quantitative estimate of drug-likeness (QED) is 0.811. The lowest BCUT2D eigenvalue weighted by Crippen LogP contribution is -2.28. The number of halogens is 1. The zero-order valence-electron chi connectivity index (χ0n) is 10.4. The van der Waals surface area contributed by atoms with Crippen molar-refractivity contribution < 1.29 is 9.59 Å². The number of rotatable bonds is 4. The number of primary amides is 1. The van der Waals surface area contributed by atoms with Crippen molar-refractivity contribution in [1.29, 1.82) is 0 Å². The minimum Gasteiger partial charge on any atom is -0.366 e. The van der Waals surface area contributed by atoms with Crippen molar-refractivity contribution in [2.75, 3.05) is 5.32 Å². The third-order valence-electron chi connectivity index (χ3n) is 2.49. The molecule has 3 amide bonds. The minimum atomic E-state index is -0.641. The van der Waals surface area contributed by atoms with E-state index in [1.165, 1.54) is 12.1 Å². The summed E-state index contributed by atoms with van der Waals surface area (Å²) >= 11 is 7.39. The molecule has 0 aliphatic heterocycles. The van der Waals surface area contributed by atoms with Crippen LogP contribution in [0.3, 0.4) is 0 Å². The lowest BCUT2D eigenvalue weighted by molar-refractivity contribution is 0.100. The Kier molecular flexibility index (Phi) is 4.60. The van der Waals surface area contributed by atoms with Crippen molar-refractivity contribution in [2.45, 2.75) is 6.54 Å². The Bertz CT molecular complexity index is 629. The molecule has 0 fully saturated rings. The molecule has 0 atom stereocenters. The van der Waals surface area contributed by atoms with Crippen LogP contribution in [0.1, 0.15) is 15.2 Å². The van der Waals surface area contributed by atoms with Crippen molar-refractivity contribution in [3.05, 3.63) is 51.2 Å². The second-order valence-corrected chi connectivity index (χ2v) is 5.39. The number of urea groups is 1. The summed E-state index contributed by atoms with van der Waals surface area (Å²) in [5.41, 5.74) is 5.81. The summed E-state index contributed by atoms with van der Waals surface area (Å²) in [6, 6.07) is 8.03. The van der Waals surface area contributed by atoms with Gasteiger partial charge in [-0.15, -0.1) is 11.3 Å². The van der Waals surface area contributed by atoms with Crippen LogP contribution in [-0.4, -0.2) is 11.9 Å². The molecule has 5 nitrogen and oxygen atoms in total. The largest absolute Gasteiger partial charge is 0.366 e. The predicted octanol–water partition coefficient (Wildman–Crippen LogP) is 2.82. The Hall–Kier alpha value is -2.05. The number of nitrogens with one attached hydrogen (secondary N) is 2. The fraction of sp³-hybridized carbons (Fsp3) is 0.0769.